The number of imidazole rings is 1. The van der Waals surface area contributed by atoms with Gasteiger partial charge in [0, 0.05) is 18.5 Å². The lowest BCUT2D eigenvalue weighted by molar-refractivity contribution is -0.274. The normalized spacial score (nSPS) is 14.5. The first kappa shape index (κ1) is 16.5. The highest BCUT2D eigenvalue weighted by atomic mass is 19.4. The standard InChI is InChI=1S/C19H15F3N2O2/c20-19(21,22)26-16-7-5-15(6-8-16)25-18-12-14(13-3-1-2-4-13)11-17-23-9-10-24(17)18/h3,5-12H,1-2,4H2. The molecule has 1 aliphatic rings. The molecule has 0 spiro atoms. The summed E-state index contributed by atoms with van der Waals surface area (Å²) in [6.45, 7) is 0. The Morgan fingerprint density at radius 1 is 1.04 bits per heavy atom. The van der Waals surface area contributed by atoms with E-state index in [1.54, 1.807) is 16.8 Å². The van der Waals surface area contributed by atoms with Crippen LogP contribution in [0, 0.1) is 0 Å². The van der Waals surface area contributed by atoms with Crippen LogP contribution in [0.3, 0.4) is 0 Å². The molecule has 2 heterocycles. The van der Waals surface area contributed by atoms with Crippen molar-refractivity contribution in [1.82, 2.24) is 9.38 Å². The lowest BCUT2D eigenvalue weighted by Gasteiger charge is -2.12. The summed E-state index contributed by atoms with van der Waals surface area (Å²) in [4.78, 5) is 4.32. The fourth-order valence-electron chi connectivity index (χ4n) is 3.02. The summed E-state index contributed by atoms with van der Waals surface area (Å²) in [5.74, 6) is 0.668. The van der Waals surface area contributed by atoms with Gasteiger partial charge in [0.25, 0.3) is 0 Å². The van der Waals surface area contributed by atoms with Gasteiger partial charge in [0.1, 0.15) is 17.1 Å². The Hall–Kier alpha value is -2.96. The van der Waals surface area contributed by atoms with E-state index in [2.05, 4.69) is 15.8 Å². The molecule has 0 saturated heterocycles. The van der Waals surface area contributed by atoms with Crippen LogP contribution in [0.1, 0.15) is 24.8 Å². The molecule has 0 bridgehead atoms. The first-order valence-electron chi connectivity index (χ1n) is 8.18. The lowest BCUT2D eigenvalue weighted by atomic mass is 10.1. The highest BCUT2D eigenvalue weighted by Crippen LogP contribution is 2.33. The summed E-state index contributed by atoms with van der Waals surface area (Å²) >= 11 is 0. The van der Waals surface area contributed by atoms with E-state index in [9.17, 15) is 13.2 Å². The molecule has 3 aromatic rings. The molecule has 0 aliphatic heterocycles. The highest BCUT2D eigenvalue weighted by Gasteiger charge is 2.31. The van der Waals surface area contributed by atoms with Gasteiger partial charge in [-0.3, -0.25) is 4.40 Å². The Balaban J connectivity index is 1.63. The van der Waals surface area contributed by atoms with E-state index in [0.717, 1.165) is 30.5 Å². The monoisotopic (exact) mass is 360 g/mol. The van der Waals surface area contributed by atoms with Crippen molar-refractivity contribution in [1.29, 1.82) is 0 Å². The minimum Gasteiger partial charge on any atom is -0.440 e. The van der Waals surface area contributed by atoms with Crippen molar-refractivity contribution in [3.63, 3.8) is 0 Å². The maximum atomic E-state index is 12.3. The number of hydrogen-bond acceptors (Lipinski definition) is 3. The average molecular weight is 360 g/mol. The fourth-order valence-corrected chi connectivity index (χ4v) is 3.02. The molecular weight excluding hydrogens is 345 g/mol. The number of halogens is 3. The zero-order chi connectivity index (χ0) is 18.1. The zero-order valence-electron chi connectivity index (χ0n) is 13.7. The van der Waals surface area contributed by atoms with Crippen LogP contribution < -0.4 is 9.47 Å². The van der Waals surface area contributed by atoms with E-state index in [-0.39, 0.29) is 5.75 Å². The molecule has 0 amide bonds. The molecule has 1 aliphatic carbocycles. The minimum atomic E-state index is -4.71. The second kappa shape index (κ2) is 6.40. The van der Waals surface area contributed by atoms with Crippen molar-refractivity contribution in [2.24, 2.45) is 0 Å². The SMILES string of the molecule is FC(F)(F)Oc1ccc(Oc2cc(C3=CCCC3)cc3nccn23)cc1. The maximum Gasteiger partial charge on any atom is 0.573 e. The van der Waals surface area contributed by atoms with E-state index in [0.29, 0.717) is 11.6 Å². The summed E-state index contributed by atoms with van der Waals surface area (Å²) in [5, 5.41) is 0. The average Bonchev–Trinajstić information content (AvgIpc) is 3.26. The zero-order valence-corrected chi connectivity index (χ0v) is 13.7. The molecule has 4 nitrogen and oxygen atoms in total. The van der Waals surface area contributed by atoms with Crippen LogP contribution in [0.25, 0.3) is 11.2 Å². The number of benzene rings is 1. The molecule has 0 saturated carbocycles. The maximum absolute atomic E-state index is 12.3. The molecule has 2 aromatic heterocycles. The molecule has 0 unspecified atom stereocenters. The van der Waals surface area contributed by atoms with Crippen LogP contribution in [0.15, 0.2) is 54.9 Å². The van der Waals surface area contributed by atoms with Crippen molar-refractivity contribution in [3.05, 3.63) is 60.4 Å². The van der Waals surface area contributed by atoms with E-state index >= 15 is 0 Å². The van der Waals surface area contributed by atoms with Gasteiger partial charge in [-0.15, -0.1) is 13.2 Å². The van der Waals surface area contributed by atoms with Gasteiger partial charge in [0.2, 0.25) is 5.88 Å². The van der Waals surface area contributed by atoms with Crippen LogP contribution in [0.4, 0.5) is 13.2 Å². The smallest absolute Gasteiger partial charge is 0.440 e. The summed E-state index contributed by atoms with van der Waals surface area (Å²) in [5.41, 5.74) is 3.06. The molecular formula is C19H15F3N2O2. The molecule has 4 rings (SSSR count). The van der Waals surface area contributed by atoms with Gasteiger partial charge in [0.15, 0.2) is 0 Å². The van der Waals surface area contributed by atoms with Crippen LogP contribution in [0.5, 0.6) is 17.4 Å². The Morgan fingerprint density at radius 2 is 1.81 bits per heavy atom. The van der Waals surface area contributed by atoms with Crippen LogP contribution in [0.2, 0.25) is 0 Å². The number of alkyl halides is 3. The topological polar surface area (TPSA) is 35.8 Å². The van der Waals surface area contributed by atoms with Crippen LogP contribution >= 0.6 is 0 Å². The van der Waals surface area contributed by atoms with Gasteiger partial charge in [-0.2, -0.15) is 0 Å². The number of pyridine rings is 1. The molecule has 7 heteroatoms. The van der Waals surface area contributed by atoms with E-state index in [1.165, 1.54) is 29.8 Å². The van der Waals surface area contributed by atoms with E-state index < -0.39 is 6.36 Å². The third-order valence-electron chi connectivity index (χ3n) is 4.16. The van der Waals surface area contributed by atoms with Gasteiger partial charge in [-0.1, -0.05) is 6.08 Å². The number of hydrogen-bond donors (Lipinski definition) is 0. The van der Waals surface area contributed by atoms with Gasteiger partial charge in [0.05, 0.1) is 0 Å². The minimum absolute atomic E-state index is 0.289. The number of aromatic nitrogens is 2. The molecule has 26 heavy (non-hydrogen) atoms. The number of rotatable bonds is 4. The Kier molecular flexibility index (Phi) is 4.06. The number of nitrogens with zero attached hydrogens (tertiary/aromatic N) is 2. The van der Waals surface area contributed by atoms with Crippen molar-refractivity contribution in [3.8, 4) is 17.4 Å². The number of allylic oxidation sites excluding steroid dienone is 2. The predicted octanol–water partition coefficient (Wildman–Crippen LogP) is 5.59. The summed E-state index contributed by atoms with van der Waals surface area (Å²) in [6.07, 6.45) is 4.15. The number of ether oxygens (including phenoxy) is 2. The first-order chi connectivity index (χ1) is 12.5. The van der Waals surface area contributed by atoms with Crippen molar-refractivity contribution >= 4 is 11.2 Å². The molecule has 134 valence electrons. The fraction of sp³-hybridized carbons (Fsp3) is 0.211. The first-order valence-corrected chi connectivity index (χ1v) is 8.18. The van der Waals surface area contributed by atoms with Gasteiger partial charge in [-0.25, -0.2) is 4.98 Å². The van der Waals surface area contributed by atoms with E-state index in [1.807, 2.05) is 12.1 Å². The lowest BCUT2D eigenvalue weighted by Crippen LogP contribution is -2.16. The molecule has 1 aromatic carbocycles. The highest BCUT2D eigenvalue weighted by molar-refractivity contribution is 5.71. The van der Waals surface area contributed by atoms with Crippen molar-refractivity contribution in [2.75, 3.05) is 0 Å². The van der Waals surface area contributed by atoms with Gasteiger partial charge >= 0.3 is 6.36 Å². The van der Waals surface area contributed by atoms with Crippen LogP contribution in [-0.4, -0.2) is 15.7 Å². The van der Waals surface area contributed by atoms with E-state index in [4.69, 9.17) is 4.74 Å². The van der Waals surface area contributed by atoms with Gasteiger partial charge in [-0.05, 0) is 60.7 Å². The quantitative estimate of drug-likeness (QED) is 0.608. The largest absolute Gasteiger partial charge is 0.573 e. The predicted molar refractivity (Wildman–Crippen MR) is 90.2 cm³/mol. The van der Waals surface area contributed by atoms with Crippen molar-refractivity contribution < 1.29 is 22.6 Å². The molecule has 0 fully saturated rings. The summed E-state index contributed by atoms with van der Waals surface area (Å²) in [6, 6.07) is 9.24. The Bertz CT molecular complexity index is 959. The second-order valence-corrected chi connectivity index (χ2v) is 5.98. The molecule has 0 radical (unpaired) electrons. The van der Waals surface area contributed by atoms with Crippen molar-refractivity contribution in [2.45, 2.75) is 25.6 Å². The Labute approximate surface area is 147 Å². The molecule has 0 atom stereocenters. The second-order valence-electron chi connectivity index (χ2n) is 5.98. The van der Waals surface area contributed by atoms with Gasteiger partial charge < -0.3 is 9.47 Å². The molecule has 0 N–H and O–H groups in total. The summed E-state index contributed by atoms with van der Waals surface area (Å²) < 4.78 is 48.3. The number of fused-ring (bicyclic) bond motifs is 1. The third kappa shape index (κ3) is 3.51. The Morgan fingerprint density at radius 3 is 2.50 bits per heavy atom. The van der Waals surface area contributed by atoms with Crippen LogP contribution in [-0.2, 0) is 0 Å². The third-order valence-corrected chi connectivity index (χ3v) is 4.16. The summed E-state index contributed by atoms with van der Waals surface area (Å²) in [7, 11) is 0.